The highest BCUT2D eigenvalue weighted by atomic mass is 127. The zero-order valence-electron chi connectivity index (χ0n) is 17.4. The molecule has 1 heterocycles. The van der Waals surface area contributed by atoms with Crippen LogP contribution in [0.15, 0.2) is 53.5 Å². The van der Waals surface area contributed by atoms with Gasteiger partial charge in [-0.3, -0.25) is 0 Å². The third kappa shape index (κ3) is 5.91. The van der Waals surface area contributed by atoms with Gasteiger partial charge in [-0.1, -0.05) is 30.3 Å². The SMILES string of the molecule is CCNC(=NCc1cccc(OC)c1OC)N1CCN(c2ccccc2)CC1.I. The van der Waals surface area contributed by atoms with E-state index in [-0.39, 0.29) is 24.0 Å². The lowest BCUT2D eigenvalue weighted by atomic mass is 10.2. The van der Waals surface area contributed by atoms with Crippen molar-refractivity contribution in [3.63, 3.8) is 0 Å². The van der Waals surface area contributed by atoms with E-state index in [1.54, 1.807) is 14.2 Å². The number of anilines is 1. The smallest absolute Gasteiger partial charge is 0.194 e. The Hall–Kier alpha value is -2.16. The van der Waals surface area contributed by atoms with Gasteiger partial charge in [0.05, 0.1) is 20.8 Å². The van der Waals surface area contributed by atoms with Crippen LogP contribution in [0.3, 0.4) is 0 Å². The molecule has 1 saturated heterocycles. The molecule has 3 rings (SSSR count). The number of guanidine groups is 1. The second-order valence-corrected chi connectivity index (χ2v) is 6.63. The van der Waals surface area contributed by atoms with E-state index in [0.29, 0.717) is 6.54 Å². The minimum Gasteiger partial charge on any atom is -0.493 e. The molecule has 2 aromatic carbocycles. The molecule has 1 aliphatic rings. The number of nitrogens with zero attached hydrogens (tertiary/aromatic N) is 3. The molecule has 2 aromatic rings. The van der Waals surface area contributed by atoms with Crippen LogP contribution < -0.4 is 19.7 Å². The molecule has 0 aromatic heterocycles. The second kappa shape index (κ2) is 11.7. The maximum absolute atomic E-state index is 5.53. The molecule has 1 fully saturated rings. The number of nitrogens with one attached hydrogen (secondary N) is 1. The van der Waals surface area contributed by atoms with Gasteiger partial charge in [0.15, 0.2) is 17.5 Å². The number of methoxy groups -OCH3 is 2. The van der Waals surface area contributed by atoms with Crippen LogP contribution in [-0.2, 0) is 6.54 Å². The topological polar surface area (TPSA) is 49.3 Å². The molecule has 158 valence electrons. The fraction of sp³-hybridized carbons (Fsp3) is 0.409. The van der Waals surface area contributed by atoms with Crippen molar-refractivity contribution in [1.29, 1.82) is 0 Å². The Morgan fingerprint density at radius 1 is 0.966 bits per heavy atom. The normalized spacial score (nSPS) is 14.2. The predicted molar refractivity (Wildman–Crippen MR) is 130 cm³/mol. The average Bonchev–Trinajstić information content (AvgIpc) is 2.77. The molecule has 7 heteroatoms. The Morgan fingerprint density at radius 3 is 2.31 bits per heavy atom. The van der Waals surface area contributed by atoms with Gasteiger partial charge in [-0.25, -0.2) is 4.99 Å². The van der Waals surface area contributed by atoms with Crippen molar-refractivity contribution in [2.45, 2.75) is 13.5 Å². The molecule has 6 nitrogen and oxygen atoms in total. The van der Waals surface area contributed by atoms with Crippen LogP contribution in [-0.4, -0.2) is 57.8 Å². The summed E-state index contributed by atoms with van der Waals surface area (Å²) in [5.41, 5.74) is 2.30. The summed E-state index contributed by atoms with van der Waals surface area (Å²) in [6.45, 7) is 7.33. The van der Waals surface area contributed by atoms with Crippen molar-refractivity contribution in [3.05, 3.63) is 54.1 Å². The molecule has 0 bridgehead atoms. The second-order valence-electron chi connectivity index (χ2n) is 6.63. The van der Waals surface area contributed by atoms with E-state index >= 15 is 0 Å². The minimum atomic E-state index is 0. The van der Waals surface area contributed by atoms with Gasteiger partial charge in [-0.2, -0.15) is 0 Å². The Balaban J connectivity index is 0.00000300. The Bertz CT molecular complexity index is 778. The molecule has 1 aliphatic heterocycles. The first kappa shape index (κ1) is 23.1. The molecule has 1 N–H and O–H groups in total. The summed E-state index contributed by atoms with van der Waals surface area (Å²) in [6.07, 6.45) is 0. The van der Waals surface area contributed by atoms with Gasteiger partial charge in [0.25, 0.3) is 0 Å². The molecule has 0 aliphatic carbocycles. The van der Waals surface area contributed by atoms with Crippen LogP contribution in [0, 0.1) is 0 Å². The first-order valence-corrected chi connectivity index (χ1v) is 9.80. The Labute approximate surface area is 190 Å². The standard InChI is InChI=1S/C22H30N4O2.HI/c1-4-23-22(24-17-18-9-8-12-20(27-2)21(18)28-3)26-15-13-25(14-16-26)19-10-6-5-7-11-19;/h5-12H,4,13-17H2,1-3H3,(H,23,24);1H. The molecule has 0 saturated carbocycles. The highest BCUT2D eigenvalue weighted by Crippen LogP contribution is 2.31. The van der Waals surface area contributed by atoms with E-state index in [1.165, 1.54) is 5.69 Å². The number of halogens is 1. The first-order valence-electron chi connectivity index (χ1n) is 9.80. The highest BCUT2D eigenvalue weighted by molar-refractivity contribution is 14.0. The van der Waals surface area contributed by atoms with Crippen molar-refractivity contribution >= 4 is 35.6 Å². The van der Waals surface area contributed by atoms with Crippen LogP contribution in [0.5, 0.6) is 11.5 Å². The van der Waals surface area contributed by atoms with Crippen molar-refractivity contribution in [1.82, 2.24) is 10.2 Å². The zero-order valence-corrected chi connectivity index (χ0v) is 19.8. The van der Waals surface area contributed by atoms with Crippen molar-refractivity contribution < 1.29 is 9.47 Å². The van der Waals surface area contributed by atoms with E-state index in [2.05, 4.69) is 52.4 Å². The molecular weight excluding hydrogens is 479 g/mol. The fourth-order valence-corrected chi connectivity index (χ4v) is 3.48. The lowest BCUT2D eigenvalue weighted by Crippen LogP contribution is -2.52. The van der Waals surface area contributed by atoms with Gasteiger partial charge in [-0.05, 0) is 25.1 Å². The summed E-state index contributed by atoms with van der Waals surface area (Å²) >= 11 is 0. The quantitative estimate of drug-likeness (QED) is 0.366. The summed E-state index contributed by atoms with van der Waals surface area (Å²) in [5.74, 6) is 2.43. The monoisotopic (exact) mass is 510 g/mol. The van der Waals surface area contributed by atoms with Gasteiger partial charge in [-0.15, -0.1) is 24.0 Å². The van der Waals surface area contributed by atoms with Crippen molar-refractivity contribution in [3.8, 4) is 11.5 Å². The molecule has 0 spiro atoms. The van der Waals surface area contributed by atoms with E-state index in [9.17, 15) is 0 Å². The van der Waals surface area contributed by atoms with Crippen LogP contribution in [0.2, 0.25) is 0 Å². The molecule has 0 radical (unpaired) electrons. The predicted octanol–water partition coefficient (Wildman–Crippen LogP) is 3.61. The summed E-state index contributed by atoms with van der Waals surface area (Å²) < 4.78 is 10.9. The van der Waals surface area contributed by atoms with Crippen LogP contribution in [0.25, 0.3) is 0 Å². The number of para-hydroxylation sites is 2. The van der Waals surface area contributed by atoms with Gasteiger partial charge < -0.3 is 24.6 Å². The number of benzene rings is 2. The van der Waals surface area contributed by atoms with Gasteiger partial charge in [0, 0.05) is 44.0 Å². The summed E-state index contributed by atoms with van der Waals surface area (Å²) in [6, 6.07) is 16.5. The molecule has 29 heavy (non-hydrogen) atoms. The number of hydrogen-bond donors (Lipinski definition) is 1. The maximum Gasteiger partial charge on any atom is 0.194 e. The fourth-order valence-electron chi connectivity index (χ4n) is 3.48. The van der Waals surface area contributed by atoms with E-state index in [1.807, 2.05) is 18.2 Å². The van der Waals surface area contributed by atoms with Crippen LogP contribution in [0.1, 0.15) is 12.5 Å². The van der Waals surface area contributed by atoms with Crippen LogP contribution in [0.4, 0.5) is 5.69 Å². The maximum atomic E-state index is 5.53. The van der Waals surface area contributed by atoms with Gasteiger partial charge in [0.1, 0.15) is 0 Å². The summed E-state index contributed by atoms with van der Waals surface area (Å²) in [5, 5.41) is 3.43. The first-order chi connectivity index (χ1) is 13.8. The number of aliphatic imine (C=N–C) groups is 1. The molecular formula is C22H31IN4O2. The Kier molecular flexibility index (Phi) is 9.37. The average molecular weight is 510 g/mol. The number of hydrogen-bond acceptors (Lipinski definition) is 4. The largest absolute Gasteiger partial charge is 0.493 e. The van der Waals surface area contributed by atoms with E-state index < -0.39 is 0 Å². The van der Waals surface area contributed by atoms with E-state index in [0.717, 1.165) is 55.7 Å². The van der Waals surface area contributed by atoms with Gasteiger partial charge >= 0.3 is 0 Å². The van der Waals surface area contributed by atoms with Crippen LogP contribution >= 0.6 is 24.0 Å². The van der Waals surface area contributed by atoms with E-state index in [4.69, 9.17) is 14.5 Å². The van der Waals surface area contributed by atoms with Gasteiger partial charge in [0.2, 0.25) is 0 Å². The molecule has 0 atom stereocenters. The number of rotatable bonds is 6. The number of piperazine rings is 1. The summed E-state index contributed by atoms with van der Waals surface area (Å²) in [7, 11) is 3.32. The third-order valence-corrected chi connectivity index (χ3v) is 4.92. The minimum absolute atomic E-state index is 0. The lowest BCUT2D eigenvalue weighted by Gasteiger charge is -2.37. The third-order valence-electron chi connectivity index (χ3n) is 4.92. The molecule has 0 unspecified atom stereocenters. The lowest BCUT2D eigenvalue weighted by molar-refractivity contribution is 0.351. The zero-order chi connectivity index (χ0) is 19.8. The summed E-state index contributed by atoms with van der Waals surface area (Å²) in [4.78, 5) is 9.62. The Morgan fingerprint density at radius 2 is 1.69 bits per heavy atom. The number of ether oxygens (including phenoxy) is 2. The highest BCUT2D eigenvalue weighted by Gasteiger charge is 2.20. The molecule has 0 amide bonds. The van der Waals surface area contributed by atoms with Crippen molar-refractivity contribution in [2.75, 3.05) is 51.8 Å². The van der Waals surface area contributed by atoms with Crippen molar-refractivity contribution in [2.24, 2.45) is 4.99 Å².